The van der Waals surface area contributed by atoms with Gasteiger partial charge in [-0.1, -0.05) is 6.92 Å². The lowest BCUT2D eigenvalue weighted by molar-refractivity contribution is 0.167. The zero-order valence-electron chi connectivity index (χ0n) is 11.1. The Labute approximate surface area is 100 Å². The summed E-state index contributed by atoms with van der Waals surface area (Å²) in [5.74, 6) is 0.797. The van der Waals surface area contributed by atoms with Crippen molar-refractivity contribution in [3.8, 4) is 0 Å². The number of nitrogens with one attached hydrogen (secondary N) is 1. The standard InChI is InChI=1S/C13H27N3/c1-11-10-15(2)8-6-13(11)14-9-12-5-4-7-16(12)3/h11-14H,4-10H2,1-3H3. The summed E-state index contributed by atoms with van der Waals surface area (Å²) < 4.78 is 0. The molecular weight excluding hydrogens is 198 g/mol. The van der Waals surface area contributed by atoms with Crippen LogP contribution in [0.1, 0.15) is 26.2 Å². The molecule has 0 aromatic heterocycles. The highest BCUT2D eigenvalue weighted by atomic mass is 15.2. The maximum Gasteiger partial charge on any atom is 0.0218 e. The molecule has 3 nitrogen and oxygen atoms in total. The fourth-order valence-electron chi connectivity index (χ4n) is 3.18. The van der Waals surface area contributed by atoms with E-state index < -0.39 is 0 Å². The zero-order valence-corrected chi connectivity index (χ0v) is 11.1. The number of hydrogen-bond acceptors (Lipinski definition) is 3. The Morgan fingerprint density at radius 1 is 1.19 bits per heavy atom. The molecule has 0 radical (unpaired) electrons. The van der Waals surface area contributed by atoms with Gasteiger partial charge in [0.05, 0.1) is 0 Å². The van der Waals surface area contributed by atoms with Crippen LogP contribution in [0.25, 0.3) is 0 Å². The van der Waals surface area contributed by atoms with Gasteiger partial charge in [-0.25, -0.2) is 0 Å². The van der Waals surface area contributed by atoms with Crippen molar-refractivity contribution < 1.29 is 0 Å². The van der Waals surface area contributed by atoms with Gasteiger partial charge in [0.2, 0.25) is 0 Å². The van der Waals surface area contributed by atoms with E-state index in [1.54, 1.807) is 0 Å². The molecule has 0 amide bonds. The van der Waals surface area contributed by atoms with Gasteiger partial charge >= 0.3 is 0 Å². The lowest BCUT2D eigenvalue weighted by Crippen LogP contribution is -2.49. The van der Waals surface area contributed by atoms with Gasteiger partial charge in [-0.15, -0.1) is 0 Å². The Bertz CT molecular complexity index is 219. The first-order valence-electron chi connectivity index (χ1n) is 6.79. The molecule has 0 spiro atoms. The molecule has 2 heterocycles. The SMILES string of the molecule is CC1CN(C)CCC1NCC1CCCN1C. The fourth-order valence-corrected chi connectivity index (χ4v) is 3.18. The van der Waals surface area contributed by atoms with Gasteiger partial charge < -0.3 is 15.1 Å². The molecule has 3 heteroatoms. The van der Waals surface area contributed by atoms with E-state index in [0.717, 1.165) is 18.0 Å². The topological polar surface area (TPSA) is 18.5 Å². The van der Waals surface area contributed by atoms with Crippen LogP contribution in [0.5, 0.6) is 0 Å². The number of likely N-dealkylation sites (tertiary alicyclic amines) is 2. The van der Waals surface area contributed by atoms with Gasteiger partial charge in [0.25, 0.3) is 0 Å². The predicted molar refractivity (Wildman–Crippen MR) is 68.7 cm³/mol. The van der Waals surface area contributed by atoms with Crippen molar-refractivity contribution in [2.24, 2.45) is 5.92 Å². The highest BCUT2D eigenvalue weighted by Crippen LogP contribution is 2.17. The highest BCUT2D eigenvalue weighted by molar-refractivity contribution is 4.85. The molecular formula is C13H27N3. The van der Waals surface area contributed by atoms with Crippen LogP contribution in [0.15, 0.2) is 0 Å². The first-order chi connectivity index (χ1) is 7.66. The van der Waals surface area contributed by atoms with Crippen molar-refractivity contribution in [3.05, 3.63) is 0 Å². The largest absolute Gasteiger partial charge is 0.312 e. The third-order valence-electron chi connectivity index (χ3n) is 4.40. The van der Waals surface area contributed by atoms with E-state index in [2.05, 4.69) is 36.1 Å². The highest BCUT2D eigenvalue weighted by Gasteiger charge is 2.26. The summed E-state index contributed by atoms with van der Waals surface area (Å²) in [5.41, 5.74) is 0. The number of hydrogen-bond donors (Lipinski definition) is 1. The predicted octanol–water partition coefficient (Wildman–Crippen LogP) is 1.01. The molecule has 94 valence electrons. The van der Waals surface area contributed by atoms with Crippen molar-refractivity contribution in [1.29, 1.82) is 0 Å². The van der Waals surface area contributed by atoms with Crippen LogP contribution in [0.4, 0.5) is 0 Å². The van der Waals surface area contributed by atoms with Crippen molar-refractivity contribution >= 4 is 0 Å². The quantitative estimate of drug-likeness (QED) is 0.773. The fraction of sp³-hybridized carbons (Fsp3) is 1.00. The molecule has 1 N–H and O–H groups in total. The van der Waals surface area contributed by atoms with E-state index in [-0.39, 0.29) is 0 Å². The summed E-state index contributed by atoms with van der Waals surface area (Å²) in [4.78, 5) is 4.96. The Balaban J connectivity index is 1.73. The maximum atomic E-state index is 3.80. The van der Waals surface area contributed by atoms with Gasteiger partial charge in [-0.2, -0.15) is 0 Å². The van der Waals surface area contributed by atoms with E-state index in [9.17, 15) is 0 Å². The van der Waals surface area contributed by atoms with Crippen LogP contribution in [-0.4, -0.2) is 62.2 Å². The minimum absolute atomic E-state index is 0.741. The average molecular weight is 225 g/mol. The summed E-state index contributed by atoms with van der Waals surface area (Å²) in [6, 6.07) is 1.53. The van der Waals surface area contributed by atoms with Crippen molar-refractivity contribution in [2.45, 2.75) is 38.3 Å². The normalized spacial score (nSPS) is 38.1. The maximum absolute atomic E-state index is 3.80. The minimum atomic E-state index is 0.741. The smallest absolute Gasteiger partial charge is 0.0218 e. The molecule has 0 saturated carbocycles. The molecule has 0 bridgehead atoms. The minimum Gasteiger partial charge on any atom is -0.312 e. The van der Waals surface area contributed by atoms with Crippen LogP contribution >= 0.6 is 0 Å². The van der Waals surface area contributed by atoms with E-state index in [4.69, 9.17) is 0 Å². The molecule has 3 unspecified atom stereocenters. The van der Waals surface area contributed by atoms with E-state index >= 15 is 0 Å². The van der Waals surface area contributed by atoms with Gasteiger partial charge in [-0.05, 0) is 52.4 Å². The molecule has 2 aliphatic rings. The summed E-state index contributed by atoms with van der Waals surface area (Å²) in [5, 5.41) is 3.80. The molecule has 0 aliphatic carbocycles. The van der Waals surface area contributed by atoms with Crippen molar-refractivity contribution in [2.75, 3.05) is 40.3 Å². The van der Waals surface area contributed by atoms with Crippen LogP contribution in [0, 0.1) is 5.92 Å². The third-order valence-corrected chi connectivity index (χ3v) is 4.40. The second-order valence-electron chi connectivity index (χ2n) is 5.82. The van der Waals surface area contributed by atoms with E-state index in [0.29, 0.717) is 0 Å². The van der Waals surface area contributed by atoms with Gasteiger partial charge in [-0.3, -0.25) is 0 Å². The van der Waals surface area contributed by atoms with Gasteiger partial charge in [0.15, 0.2) is 0 Å². The Morgan fingerprint density at radius 2 is 2.00 bits per heavy atom. The van der Waals surface area contributed by atoms with Crippen LogP contribution in [0.3, 0.4) is 0 Å². The van der Waals surface area contributed by atoms with Crippen LogP contribution < -0.4 is 5.32 Å². The Morgan fingerprint density at radius 3 is 2.62 bits per heavy atom. The molecule has 16 heavy (non-hydrogen) atoms. The molecule has 2 fully saturated rings. The lowest BCUT2D eigenvalue weighted by Gasteiger charge is -2.36. The van der Waals surface area contributed by atoms with Gasteiger partial charge in [0, 0.05) is 25.2 Å². The average Bonchev–Trinajstić information content (AvgIpc) is 2.63. The molecule has 2 aliphatic heterocycles. The Kier molecular flexibility index (Phi) is 4.22. The van der Waals surface area contributed by atoms with Gasteiger partial charge in [0.1, 0.15) is 0 Å². The second-order valence-corrected chi connectivity index (χ2v) is 5.82. The second kappa shape index (κ2) is 5.48. The zero-order chi connectivity index (χ0) is 11.5. The number of rotatable bonds is 3. The van der Waals surface area contributed by atoms with Crippen LogP contribution in [0.2, 0.25) is 0 Å². The van der Waals surface area contributed by atoms with Crippen molar-refractivity contribution in [3.63, 3.8) is 0 Å². The summed E-state index contributed by atoms with van der Waals surface area (Å²) >= 11 is 0. The lowest BCUT2D eigenvalue weighted by atomic mass is 9.94. The Hall–Kier alpha value is -0.120. The molecule has 3 atom stereocenters. The summed E-state index contributed by atoms with van der Waals surface area (Å²) in [6.07, 6.45) is 4.07. The first kappa shape index (κ1) is 12.3. The van der Waals surface area contributed by atoms with Crippen LogP contribution in [-0.2, 0) is 0 Å². The monoisotopic (exact) mass is 225 g/mol. The molecule has 0 aromatic carbocycles. The third kappa shape index (κ3) is 2.96. The number of nitrogens with zero attached hydrogens (tertiary/aromatic N) is 2. The molecule has 2 rings (SSSR count). The van der Waals surface area contributed by atoms with E-state index in [1.165, 1.54) is 45.4 Å². The molecule has 2 saturated heterocycles. The van der Waals surface area contributed by atoms with Crippen molar-refractivity contribution in [1.82, 2.24) is 15.1 Å². The number of likely N-dealkylation sites (N-methyl/N-ethyl adjacent to an activating group) is 1. The van der Waals surface area contributed by atoms with E-state index in [1.807, 2.05) is 0 Å². The first-order valence-corrected chi connectivity index (χ1v) is 6.79. The molecule has 0 aromatic rings. The number of piperidine rings is 1. The summed E-state index contributed by atoms with van der Waals surface area (Å²) in [6.45, 7) is 7.36. The summed E-state index contributed by atoms with van der Waals surface area (Å²) in [7, 11) is 4.49.